The summed E-state index contributed by atoms with van der Waals surface area (Å²) in [6, 6.07) is 57.5. The van der Waals surface area contributed by atoms with Gasteiger partial charge >= 0.3 is 0 Å². The molecule has 9 rings (SSSR count). The molecule has 0 saturated heterocycles. The van der Waals surface area contributed by atoms with Crippen LogP contribution in [0.25, 0.3) is 88.4 Å². The van der Waals surface area contributed by atoms with Gasteiger partial charge in [-0.15, -0.1) is 0 Å². The van der Waals surface area contributed by atoms with Gasteiger partial charge in [0.25, 0.3) is 0 Å². The van der Waals surface area contributed by atoms with E-state index in [0.29, 0.717) is 17.5 Å². The van der Waals surface area contributed by atoms with E-state index in [4.69, 9.17) is 15.0 Å². The second kappa shape index (κ2) is 10.8. The Morgan fingerprint density at radius 2 is 0.804 bits per heavy atom. The standard InChI is InChI=1S/C43H27N3/c1-3-13-28(14-4-1)33-26-38-36-21-10-9-19-34(36)35-20-11-12-22-37(35)40(38)39(27-33)43-45-41(30-16-5-2-6-17-30)44-42(46-43)32-24-23-29-15-7-8-18-31(29)25-32/h1-27H. The Balaban J connectivity index is 1.41. The summed E-state index contributed by atoms with van der Waals surface area (Å²) in [4.78, 5) is 15.5. The quantitative estimate of drug-likeness (QED) is 0.193. The molecular formula is C43H27N3. The number of nitrogens with zero attached hydrogens (tertiary/aromatic N) is 3. The van der Waals surface area contributed by atoms with Crippen LogP contribution in [-0.2, 0) is 0 Å². The number of fused-ring (bicyclic) bond motifs is 7. The predicted molar refractivity (Wildman–Crippen MR) is 192 cm³/mol. The summed E-state index contributed by atoms with van der Waals surface area (Å²) in [5.74, 6) is 1.95. The minimum atomic E-state index is 0.650. The minimum absolute atomic E-state index is 0.650. The zero-order valence-electron chi connectivity index (χ0n) is 24.9. The molecule has 0 atom stereocenters. The summed E-state index contributed by atoms with van der Waals surface area (Å²) < 4.78 is 0. The van der Waals surface area contributed by atoms with Gasteiger partial charge in [0.15, 0.2) is 17.5 Å². The summed E-state index contributed by atoms with van der Waals surface area (Å²) in [7, 11) is 0. The van der Waals surface area contributed by atoms with Gasteiger partial charge in [-0.2, -0.15) is 0 Å². The maximum Gasteiger partial charge on any atom is 0.164 e. The molecule has 0 bridgehead atoms. The monoisotopic (exact) mass is 585 g/mol. The second-order valence-electron chi connectivity index (χ2n) is 11.6. The van der Waals surface area contributed by atoms with Gasteiger partial charge in [0.1, 0.15) is 0 Å². The van der Waals surface area contributed by atoms with E-state index in [1.165, 1.54) is 32.3 Å². The van der Waals surface area contributed by atoms with Crippen molar-refractivity contribution in [1.82, 2.24) is 15.0 Å². The molecule has 0 radical (unpaired) electrons. The first-order chi connectivity index (χ1) is 22.8. The maximum atomic E-state index is 5.26. The van der Waals surface area contributed by atoms with Crippen LogP contribution in [0, 0.1) is 0 Å². The van der Waals surface area contributed by atoms with Crippen LogP contribution in [0.2, 0.25) is 0 Å². The molecule has 1 heterocycles. The molecule has 9 aromatic rings. The predicted octanol–water partition coefficient (Wildman–Crippen LogP) is 11.2. The zero-order chi connectivity index (χ0) is 30.5. The number of hydrogen-bond acceptors (Lipinski definition) is 3. The van der Waals surface area contributed by atoms with Crippen LogP contribution in [-0.4, -0.2) is 15.0 Å². The fraction of sp³-hybridized carbons (Fsp3) is 0. The molecule has 0 saturated carbocycles. The lowest BCUT2D eigenvalue weighted by atomic mass is 9.88. The van der Waals surface area contributed by atoms with E-state index in [0.717, 1.165) is 38.6 Å². The van der Waals surface area contributed by atoms with Crippen molar-refractivity contribution in [3.05, 3.63) is 164 Å². The van der Waals surface area contributed by atoms with Gasteiger partial charge in [-0.25, -0.2) is 15.0 Å². The van der Waals surface area contributed by atoms with E-state index in [-0.39, 0.29) is 0 Å². The molecule has 214 valence electrons. The van der Waals surface area contributed by atoms with Gasteiger partial charge in [-0.3, -0.25) is 0 Å². The van der Waals surface area contributed by atoms with Crippen molar-refractivity contribution in [3.8, 4) is 45.3 Å². The van der Waals surface area contributed by atoms with Crippen molar-refractivity contribution in [2.24, 2.45) is 0 Å². The lowest BCUT2D eigenvalue weighted by Gasteiger charge is -2.17. The highest BCUT2D eigenvalue weighted by Crippen LogP contribution is 2.42. The van der Waals surface area contributed by atoms with Gasteiger partial charge < -0.3 is 0 Å². The van der Waals surface area contributed by atoms with Gasteiger partial charge in [0.2, 0.25) is 0 Å². The SMILES string of the molecule is c1ccc(-c2cc(-c3nc(-c4ccccc4)nc(-c4ccc5ccccc5c4)n3)c3c4ccccc4c4ccccc4c3c2)cc1. The number of rotatable bonds is 4. The van der Waals surface area contributed by atoms with Crippen molar-refractivity contribution < 1.29 is 0 Å². The molecule has 3 nitrogen and oxygen atoms in total. The maximum absolute atomic E-state index is 5.26. The molecule has 46 heavy (non-hydrogen) atoms. The molecular weight excluding hydrogens is 558 g/mol. The minimum Gasteiger partial charge on any atom is -0.208 e. The van der Waals surface area contributed by atoms with E-state index in [1.807, 2.05) is 18.2 Å². The normalized spacial score (nSPS) is 11.5. The Bertz CT molecular complexity index is 2570. The first-order valence-corrected chi connectivity index (χ1v) is 15.5. The molecule has 8 aromatic carbocycles. The van der Waals surface area contributed by atoms with Crippen molar-refractivity contribution in [2.75, 3.05) is 0 Å². The van der Waals surface area contributed by atoms with Crippen LogP contribution in [0.3, 0.4) is 0 Å². The number of aromatic nitrogens is 3. The molecule has 0 aliphatic heterocycles. The molecule has 0 unspecified atom stereocenters. The summed E-state index contributed by atoms with van der Waals surface area (Å²) >= 11 is 0. The summed E-state index contributed by atoms with van der Waals surface area (Å²) in [5, 5.41) is 9.50. The van der Waals surface area contributed by atoms with Crippen LogP contribution in [0.4, 0.5) is 0 Å². The third-order valence-electron chi connectivity index (χ3n) is 8.87. The summed E-state index contributed by atoms with van der Waals surface area (Å²) in [5.41, 5.74) is 5.16. The van der Waals surface area contributed by atoms with Crippen LogP contribution in [0.15, 0.2) is 164 Å². The third-order valence-corrected chi connectivity index (χ3v) is 8.87. The first-order valence-electron chi connectivity index (χ1n) is 15.5. The molecule has 0 amide bonds. The molecule has 0 aliphatic carbocycles. The van der Waals surface area contributed by atoms with E-state index in [2.05, 4.69) is 146 Å². The Kier molecular flexibility index (Phi) is 6.14. The molecule has 3 heteroatoms. The highest BCUT2D eigenvalue weighted by molar-refractivity contribution is 6.28. The lowest BCUT2D eigenvalue weighted by molar-refractivity contribution is 1.08. The van der Waals surface area contributed by atoms with E-state index in [1.54, 1.807) is 0 Å². The second-order valence-corrected chi connectivity index (χ2v) is 11.6. The highest BCUT2D eigenvalue weighted by atomic mass is 15.0. The van der Waals surface area contributed by atoms with E-state index >= 15 is 0 Å². The lowest BCUT2D eigenvalue weighted by Crippen LogP contribution is -2.01. The van der Waals surface area contributed by atoms with Crippen molar-refractivity contribution in [2.45, 2.75) is 0 Å². The van der Waals surface area contributed by atoms with Crippen LogP contribution in [0.5, 0.6) is 0 Å². The zero-order valence-corrected chi connectivity index (χ0v) is 24.9. The molecule has 0 spiro atoms. The smallest absolute Gasteiger partial charge is 0.164 e. The first kappa shape index (κ1) is 26.2. The van der Waals surface area contributed by atoms with E-state index in [9.17, 15) is 0 Å². The average molecular weight is 586 g/mol. The van der Waals surface area contributed by atoms with Gasteiger partial charge in [-0.05, 0) is 67.0 Å². The van der Waals surface area contributed by atoms with Crippen LogP contribution >= 0.6 is 0 Å². The molecule has 1 aromatic heterocycles. The number of hydrogen-bond donors (Lipinski definition) is 0. The molecule has 0 fully saturated rings. The number of benzene rings is 8. The van der Waals surface area contributed by atoms with Gasteiger partial charge in [0.05, 0.1) is 0 Å². The van der Waals surface area contributed by atoms with Gasteiger partial charge in [0, 0.05) is 22.1 Å². The van der Waals surface area contributed by atoms with Crippen molar-refractivity contribution in [3.63, 3.8) is 0 Å². The average Bonchev–Trinajstić information content (AvgIpc) is 3.15. The Morgan fingerprint density at radius 3 is 1.52 bits per heavy atom. The Labute approximate surface area is 266 Å². The largest absolute Gasteiger partial charge is 0.208 e. The summed E-state index contributed by atoms with van der Waals surface area (Å²) in [6.45, 7) is 0. The topological polar surface area (TPSA) is 38.7 Å². The van der Waals surface area contributed by atoms with Crippen molar-refractivity contribution in [1.29, 1.82) is 0 Å². The molecule has 0 N–H and O–H groups in total. The van der Waals surface area contributed by atoms with Crippen LogP contribution in [0.1, 0.15) is 0 Å². The van der Waals surface area contributed by atoms with E-state index < -0.39 is 0 Å². The fourth-order valence-electron chi connectivity index (χ4n) is 6.68. The highest BCUT2D eigenvalue weighted by Gasteiger charge is 2.19. The molecule has 0 aliphatic rings. The Morgan fingerprint density at radius 1 is 0.283 bits per heavy atom. The Hall–Kier alpha value is -6.19. The third kappa shape index (κ3) is 4.41. The summed E-state index contributed by atoms with van der Waals surface area (Å²) in [6.07, 6.45) is 0. The van der Waals surface area contributed by atoms with Crippen LogP contribution < -0.4 is 0 Å². The fourth-order valence-corrected chi connectivity index (χ4v) is 6.68. The van der Waals surface area contributed by atoms with Gasteiger partial charge in [-0.1, -0.05) is 146 Å². The van der Waals surface area contributed by atoms with Crippen molar-refractivity contribution >= 4 is 43.1 Å².